The standard InChI is InChI=1S/C15H16N2O/c1-13(11-16)5-3-4-10-17-12-14-6-8-15(18-2)9-7-14/h3-10H,12H2,1-2H3/b4-3-,13-5+,17-10?. The number of nitriles is 1. The molecule has 0 radical (unpaired) electrons. The molecule has 0 atom stereocenters. The fourth-order valence-corrected chi connectivity index (χ4v) is 1.24. The number of methoxy groups -OCH3 is 1. The highest BCUT2D eigenvalue weighted by Gasteiger charge is 1.91. The molecule has 0 N–H and O–H groups in total. The number of rotatable bonds is 5. The van der Waals surface area contributed by atoms with E-state index in [1.54, 1.807) is 32.4 Å². The van der Waals surface area contributed by atoms with Crippen LogP contribution >= 0.6 is 0 Å². The molecule has 1 aromatic rings. The zero-order valence-corrected chi connectivity index (χ0v) is 10.6. The molecule has 0 spiro atoms. The molecule has 0 aliphatic rings. The second-order valence-corrected chi connectivity index (χ2v) is 3.68. The van der Waals surface area contributed by atoms with Crippen LogP contribution in [0.2, 0.25) is 0 Å². The third kappa shape index (κ3) is 5.13. The molecule has 1 rings (SSSR count). The van der Waals surface area contributed by atoms with Gasteiger partial charge in [-0.05, 0) is 36.8 Å². The Balaban J connectivity index is 2.43. The van der Waals surface area contributed by atoms with Crippen LogP contribution in [0.5, 0.6) is 5.75 Å². The van der Waals surface area contributed by atoms with Gasteiger partial charge in [0.15, 0.2) is 0 Å². The van der Waals surface area contributed by atoms with Gasteiger partial charge in [-0.15, -0.1) is 0 Å². The SMILES string of the molecule is COc1ccc(CN=C/C=C\C=C(/C)C#N)cc1. The second-order valence-electron chi connectivity index (χ2n) is 3.68. The van der Waals surface area contributed by atoms with E-state index in [4.69, 9.17) is 10.00 Å². The van der Waals surface area contributed by atoms with E-state index in [1.165, 1.54) is 0 Å². The molecule has 0 amide bonds. The van der Waals surface area contributed by atoms with Crippen LogP contribution in [0.4, 0.5) is 0 Å². The van der Waals surface area contributed by atoms with Crippen LogP contribution < -0.4 is 4.74 Å². The largest absolute Gasteiger partial charge is 0.497 e. The normalized spacial score (nSPS) is 11.9. The van der Waals surface area contributed by atoms with Crippen LogP contribution in [0.1, 0.15) is 12.5 Å². The fraction of sp³-hybridized carbons (Fsp3) is 0.200. The van der Waals surface area contributed by atoms with E-state index in [0.717, 1.165) is 11.3 Å². The van der Waals surface area contributed by atoms with Crippen molar-refractivity contribution in [3.63, 3.8) is 0 Å². The van der Waals surface area contributed by atoms with Crippen LogP contribution in [0, 0.1) is 11.3 Å². The van der Waals surface area contributed by atoms with Crippen LogP contribution in [0.15, 0.2) is 53.1 Å². The van der Waals surface area contributed by atoms with Gasteiger partial charge in [0, 0.05) is 11.8 Å². The van der Waals surface area contributed by atoms with Crippen molar-refractivity contribution in [2.75, 3.05) is 7.11 Å². The Hall–Kier alpha value is -2.34. The minimum Gasteiger partial charge on any atom is -0.497 e. The van der Waals surface area contributed by atoms with E-state index in [9.17, 15) is 0 Å². The molecule has 0 aromatic heterocycles. The maximum Gasteiger partial charge on any atom is 0.118 e. The van der Waals surface area contributed by atoms with Gasteiger partial charge in [0.05, 0.1) is 19.7 Å². The highest BCUT2D eigenvalue weighted by Crippen LogP contribution is 2.11. The van der Waals surface area contributed by atoms with Crippen molar-refractivity contribution >= 4 is 6.21 Å². The molecule has 18 heavy (non-hydrogen) atoms. The Morgan fingerprint density at radius 1 is 1.33 bits per heavy atom. The van der Waals surface area contributed by atoms with Crippen LogP contribution in [-0.2, 0) is 6.54 Å². The Labute approximate surface area is 108 Å². The zero-order chi connectivity index (χ0) is 13.2. The minimum atomic E-state index is 0.634. The Kier molecular flexibility index (Phi) is 5.99. The topological polar surface area (TPSA) is 45.4 Å². The molecule has 0 saturated heterocycles. The van der Waals surface area contributed by atoms with Gasteiger partial charge in [-0.25, -0.2) is 0 Å². The van der Waals surface area contributed by atoms with Gasteiger partial charge in [-0.3, -0.25) is 4.99 Å². The molecule has 3 nitrogen and oxygen atoms in total. The number of aliphatic imine (C=N–C) groups is 1. The first-order valence-electron chi connectivity index (χ1n) is 5.62. The minimum absolute atomic E-state index is 0.634. The highest BCUT2D eigenvalue weighted by molar-refractivity contribution is 5.71. The summed E-state index contributed by atoms with van der Waals surface area (Å²) in [7, 11) is 1.65. The van der Waals surface area contributed by atoms with E-state index in [0.29, 0.717) is 12.1 Å². The zero-order valence-electron chi connectivity index (χ0n) is 10.6. The van der Waals surface area contributed by atoms with E-state index in [1.807, 2.05) is 36.4 Å². The lowest BCUT2D eigenvalue weighted by atomic mass is 10.2. The summed E-state index contributed by atoms with van der Waals surface area (Å²) in [5, 5.41) is 8.53. The first-order chi connectivity index (χ1) is 8.76. The molecule has 0 aliphatic heterocycles. The summed E-state index contributed by atoms with van der Waals surface area (Å²) in [5.74, 6) is 0.847. The van der Waals surface area contributed by atoms with Crippen molar-refractivity contribution in [3.05, 3.63) is 53.6 Å². The summed E-state index contributed by atoms with van der Waals surface area (Å²) >= 11 is 0. The predicted molar refractivity (Wildman–Crippen MR) is 73.7 cm³/mol. The molecule has 0 heterocycles. The summed E-state index contributed by atoms with van der Waals surface area (Å²) in [6.45, 7) is 2.40. The highest BCUT2D eigenvalue weighted by atomic mass is 16.5. The number of benzene rings is 1. The second kappa shape index (κ2) is 7.86. The van der Waals surface area contributed by atoms with Crippen molar-refractivity contribution in [2.45, 2.75) is 13.5 Å². The predicted octanol–water partition coefficient (Wildman–Crippen LogP) is 3.29. The Morgan fingerprint density at radius 3 is 2.67 bits per heavy atom. The van der Waals surface area contributed by atoms with Gasteiger partial charge in [0.2, 0.25) is 0 Å². The quantitative estimate of drug-likeness (QED) is 0.450. The summed E-state index contributed by atoms with van der Waals surface area (Å²) in [5.41, 5.74) is 1.80. The number of nitrogens with zero attached hydrogens (tertiary/aromatic N) is 2. The maximum atomic E-state index is 8.53. The van der Waals surface area contributed by atoms with Gasteiger partial charge in [-0.1, -0.05) is 18.2 Å². The van der Waals surface area contributed by atoms with Crippen LogP contribution in [-0.4, -0.2) is 13.3 Å². The van der Waals surface area contributed by atoms with Crippen molar-refractivity contribution in [1.82, 2.24) is 0 Å². The molecular formula is C15H16N2O. The first-order valence-corrected chi connectivity index (χ1v) is 5.62. The van der Waals surface area contributed by atoms with Crippen molar-refractivity contribution in [2.24, 2.45) is 4.99 Å². The summed E-state index contributed by atoms with van der Waals surface area (Å²) in [6.07, 6.45) is 7.09. The molecule has 3 heteroatoms. The summed E-state index contributed by atoms with van der Waals surface area (Å²) < 4.78 is 5.08. The number of allylic oxidation sites excluding steroid dienone is 4. The third-order valence-electron chi connectivity index (χ3n) is 2.26. The van der Waals surface area contributed by atoms with Gasteiger partial charge in [0.1, 0.15) is 5.75 Å². The van der Waals surface area contributed by atoms with Crippen LogP contribution in [0.3, 0.4) is 0 Å². The molecule has 92 valence electrons. The van der Waals surface area contributed by atoms with Crippen LogP contribution in [0.25, 0.3) is 0 Å². The van der Waals surface area contributed by atoms with Gasteiger partial charge in [0.25, 0.3) is 0 Å². The van der Waals surface area contributed by atoms with Gasteiger partial charge >= 0.3 is 0 Å². The Bertz CT molecular complexity index is 490. The fourth-order valence-electron chi connectivity index (χ4n) is 1.24. The molecule has 0 aliphatic carbocycles. The molecule has 0 unspecified atom stereocenters. The molecule has 0 fully saturated rings. The number of hydrogen-bond donors (Lipinski definition) is 0. The average molecular weight is 240 g/mol. The summed E-state index contributed by atoms with van der Waals surface area (Å²) in [4.78, 5) is 4.25. The molecule has 0 bridgehead atoms. The lowest BCUT2D eigenvalue weighted by Crippen LogP contribution is -1.84. The van der Waals surface area contributed by atoms with E-state index in [2.05, 4.69) is 4.99 Å². The van der Waals surface area contributed by atoms with E-state index >= 15 is 0 Å². The van der Waals surface area contributed by atoms with Crippen molar-refractivity contribution < 1.29 is 4.74 Å². The maximum absolute atomic E-state index is 8.53. The first kappa shape index (κ1) is 13.7. The number of ether oxygens (including phenoxy) is 1. The Morgan fingerprint density at radius 2 is 2.06 bits per heavy atom. The molecular weight excluding hydrogens is 224 g/mol. The number of hydrogen-bond acceptors (Lipinski definition) is 3. The van der Waals surface area contributed by atoms with Crippen molar-refractivity contribution in [3.8, 4) is 11.8 Å². The van der Waals surface area contributed by atoms with E-state index < -0.39 is 0 Å². The molecule has 0 saturated carbocycles. The smallest absolute Gasteiger partial charge is 0.118 e. The van der Waals surface area contributed by atoms with Gasteiger partial charge < -0.3 is 4.74 Å². The lowest BCUT2D eigenvalue weighted by molar-refractivity contribution is 0.414. The van der Waals surface area contributed by atoms with Crippen molar-refractivity contribution in [1.29, 1.82) is 5.26 Å². The lowest BCUT2D eigenvalue weighted by Gasteiger charge is -1.99. The third-order valence-corrected chi connectivity index (χ3v) is 2.26. The summed E-state index contributed by atoms with van der Waals surface area (Å²) in [6, 6.07) is 9.85. The van der Waals surface area contributed by atoms with E-state index in [-0.39, 0.29) is 0 Å². The van der Waals surface area contributed by atoms with Gasteiger partial charge in [-0.2, -0.15) is 5.26 Å². The monoisotopic (exact) mass is 240 g/mol. The molecule has 1 aromatic carbocycles. The average Bonchev–Trinajstić information content (AvgIpc) is 2.43.